The molecule has 0 aromatic carbocycles. The second-order valence-electron chi connectivity index (χ2n) is 3.48. The van der Waals surface area contributed by atoms with E-state index < -0.39 is 9.06 Å². The van der Waals surface area contributed by atoms with Gasteiger partial charge in [-0.15, -0.1) is 0 Å². The van der Waals surface area contributed by atoms with Crippen molar-refractivity contribution in [2.45, 2.75) is 52.6 Å². The molecule has 0 aromatic rings. The predicted molar refractivity (Wildman–Crippen MR) is 53.7 cm³/mol. The van der Waals surface area contributed by atoms with Crippen molar-refractivity contribution in [1.82, 2.24) is 9.96 Å². The first kappa shape index (κ1) is 13.0. The zero-order valence-electron chi connectivity index (χ0n) is 8.82. The maximum atomic E-state index is 13.2. The van der Waals surface area contributed by atoms with Crippen molar-refractivity contribution in [2.24, 2.45) is 0 Å². The van der Waals surface area contributed by atoms with Crippen LogP contribution in [0.4, 0.5) is 8.22 Å². The van der Waals surface area contributed by atoms with E-state index in [4.69, 9.17) is 0 Å². The first-order chi connectivity index (χ1) is 5.91. The fraction of sp³-hybridized carbons (Fsp3) is 1.00. The minimum absolute atomic E-state index is 0.113. The molecule has 0 rings (SSSR count). The molecule has 0 saturated heterocycles. The Bertz CT molecular complexity index is 130. The lowest BCUT2D eigenvalue weighted by Crippen LogP contribution is -2.60. The summed E-state index contributed by atoms with van der Waals surface area (Å²) in [4.78, 5) is 4.73. The summed E-state index contributed by atoms with van der Waals surface area (Å²) >= 11 is 0. The predicted octanol–water partition coefficient (Wildman–Crippen LogP) is 2.14. The van der Waals surface area contributed by atoms with Gasteiger partial charge in [0, 0.05) is 12.1 Å². The maximum Gasteiger partial charge on any atom is 0.594 e. The van der Waals surface area contributed by atoms with E-state index in [2.05, 4.69) is 9.96 Å². The molecular weight excluding hydrogens is 190 g/mol. The molecule has 0 radical (unpaired) electrons. The van der Waals surface area contributed by atoms with Gasteiger partial charge in [-0.2, -0.15) is 0 Å². The van der Waals surface area contributed by atoms with Gasteiger partial charge >= 0.3 is 9.06 Å². The molecule has 0 aliphatic heterocycles. The quantitative estimate of drug-likeness (QED) is 0.518. The van der Waals surface area contributed by atoms with E-state index in [1.165, 1.54) is 0 Å². The summed E-state index contributed by atoms with van der Waals surface area (Å²) < 4.78 is 26.4. The molecule has 5 heteroatoms. The van der Waals surface area contributed by atoms with Crippen molar-refractivity contribution in [3.8, 4) is 0 Å². The number of nitrogens with one attached hydrogen (secondary N) is 2. The van der Waals surface area contributed by atoms with E-state index in [1.54, 1.807) is 13.8 Å². The fourth-order valence-corrected chi connectivity index (χ4v) is 2.59. The van der Waals surface area contributed by atoms with E-state index >= 15 is 0 Å². The Hall–Kier alpha value is -0.00312. The summed E-state index contributed by atoms with van der Waals surface area (Å²) in [5.41, 5.74) is 0. The Labute approximate surface area is 80.6 Å². The molecule has 0 saturated carbocycles. The Morgan fingerprint density at radius 1 is 1.00 bits per heavy atom. The van der Waals surface area contributed by atoms with Gasteiger partial charge in [-0.25, -0.2) is 8.22 Å². The second kappa shape index (κ2) is 5.67. The van der Waals surface area contributed by atoms with Gasteiger partial charge in [-0.3, -0.25) is 9.96 Å². The molecule has 0 spiro atoms. The van der Waals surface area contributed by atoms with Gasteiger partial charge in [0.15, 0.2) is 0 Å². The molecule has 0 aliphatic rings. The molecule has 0 aromatic heterocycles. The molecular formula is C8H20F2N2Si. The van der Waals surface area contributed by atoms with Crippen LogP contribution in [0, 0.1) is 0 Å². The van der Waals surface area contributed by atoms with Gasteiger partial charge in [0.05, 0.1) is 0 Å². The summed E-state index contributed by atoms with van der Waals surface area (Å²) in [6, 6.07) is -0.226. The average Bonchev–Trinajstić information content (AvgIpc) is 2.02. The average molecular weight is 210 g/mol. The summed E-state index contributed by atoms with van der Waals surface area (Å²) in [5.74, 6) is 0. The summed E-state index contributed by atoms with van der Waals surface area (Å²) in [7, 11) is -4.37. The molecule has 13 heavy (non-hydrogen) atoms. The van der Waals surface area contributed by atoms with Gasteiger partial charge in [0.2, 0.25) is 0 Å². The van der Waals surface area contributed by atoms with Crippen molar-refractivity contribution in [2.75, 3.05) is 0 Å². The molecule has 0 aliphatic carbocycles. The monoisotopic (exact) mass is 210 g/mol. The standard InChI is InChI=1S/C8H20F2N2Si/c1-5-7(3)11-13(9,10)12-8(4)6-2/h7-8,11-12H,5-6H2,1-4H3. The molecule has 2 unspecified atom stereocenters. The van der Waals surface area contributed by atoms with Crippen LogP contribution in [0.3, 0.4) is 0 Å². The van der Waals surface area contributed by atoms with E-state index in [-0.39, 0.29) is 12.1 Å². The van der Waals surface area contributed by atoms with Crippen LogP contribution in [-0.4, -0.2) is 21.1 Å². The number of rotatable bonds is 6. The third kappa shape index (κ3) is 6.12. The molecule has 2 atom stereocenters. The van der Waals surface area contributed by atoms with Crippen molar-refractivity contribution in [3.63, 3.8) is 0 Å². The molecule has 0 amide bonds. The number of hydrogen-bond donors (Lipinski definition) is 2. The highest BCUT2D eigenvalue weighted by atomic mass is 28.4. The van der Waals surface area contributed by atoms with Crippen molar-refractivity contribution in [1.29, 1.82) is 0 Å². The lowest BCUT2D eigenvalue weighted by Gasteiger charge is -2.22. The Kier molecular flexibility index (Phi) is 5.67. The largest absolute Gasteiger partial charge is 0.594 e. The SMILES string of the molecule is CCC(C)N[Si](F)(F)NC(C)CC. The minimum atomic E-state index is -4.37. The first-order valence-electron chi connectivity index (χ1n) is 4.84. The van der Waals surface area contributed by atoms with Crippen LogP contribution < -0.4 is 9.96 Å². The van der Waals surface area contributed by atoms with Crippen LogP contribution in [0.1, 0.15) is 40.5 Å². The molecule has 0 bridgehead atoms. The van der Waals surface area contributed by atoms with E-state index in [0.29, 0.717) is 0 Å². The van der Waals surface area contributed by atoms with Gasteiger partial charge in [0.1, 0.15) is 0 Å². The van der Waals surface area contributed by atoms with Gasteiger partial charge < -0.3 is 0 Å². The summed E-state index contributed by atoms with van der Waals surface area (Å²) in [6.45, 7) is 7.34. The van der Waals surface area contributed by atoms with Crippen LogP contribution in [0.25, 0.3) is 0 Å². The summed E-state index contributed by atoms with van der Waals surface area (Å²) in [5, 5.41) is 0. The number of halogens is 2. The van der Waals surface area contributed by atoms with Crippen LogP contribution in [0.15, 0.2) is 0 Å². The Balaban J connectivity index is 3.92. The van der Waals surface area contributed by atoms with Crippen molar-refractivity contribution in [3.05, 3.63) is 0 Å². The number of hydrogen-bond acceptors (Lipinski definition) is 2. The van der Waals surface area contributed by atoms with Crippen molar-refractivity contribution < 1.29 is 8.22 Å². The van der Waals surface area contributed by atoms with Crippen LogP contribution in [0.5, 0.6) is 0 Å². The minimum Gasteiger partial charge on any atom is -0.271 e. The molecule has 2 nitrogen and oxygen atoms in total. The van der Waals surface area contributed by atoms with E-state index in [9.17, 15) is 8.22 Å². The lowest BCUT2D eigenvalue weighted by atomic mass is 10.3. The van der Waals surface area contributed by atoms with Gasteiger partial charge in [0.25, 0.3) is 0 Å². The highest BCUT2D eigenvalue weighted by Crippen LogP contribution is 2.04. The highest BCUT2D eigenvalue weighted by Gasteiger charge is 2.38. The zero-order valence-corrected chi connectivity index (χ0v) is 9.82. The Morgan fingerprint density at radius 2 is 1.31 bits per heavy atom. The molecule has 2 N–H and O–H groups in total. The third-order valence-corrected chi connectivity index (χ3v) is 3.79. The fourth-order valence-electron chi connectivity index (χ4n) is 0.865. The van der Waals surface area contributed by atoms with Crippen molar-refractivity contribution >= 4 is 9.06 Å². The normalized spacial score (nSPS) is 17.1. The zero-order chi connectivity index (χ0) is 10.5. The van der Waals surface area contributed by atoms with Crippen LogP contribution in [0.2, 0.25) is 0 Å². The first-order valence-corrected chi connectivity index (χ1v) is 6.60. The lowest BCUT2D eigenvalue weighted by molar-refractivity contribution is 0.446. The summed E-state index contributed by atoms with van der Waals surface area (Å²) in [6.07, 6.45) is 1.45. The van der Waals surface area contributed by atoms with Gasteiger partial charge in [-0.1, -0.05) is 27.7 Å². The molecule has 0 heterocycles. The van der Waals surface area contributed by atoms with Crippen LogP contribution in [-0.2, 0) is 0 Å². The smallest absolute Gasteiger partial charge is 0.271 e. The van der Waals surface area contributed by atoms with E-state index in [1.807, 2.05) is 13.8 Å². The van der Waals surface area contributed by atoms with Gasteiger partial charge in [-0.05, 0) is 12.8 Å². The topological polar surface area (TPSA) is 24.1 Å². The third-order valence-electron chi connectivity index (χ3n) is 2.08. The Morgan fingerprint density at radius 3 is 1.54 bits per heavy atom. The highest BCUT2D eigenvalue weighted by molar-refractivity contribution is 6.60. The van der Waals surface area contributed by atoms with E-state index in [0.717, 1.165) is 12.8 Å². The molecule has 80 valence electrons. The molecule has 0 fully saturated rings. The van der Waals surface area contributed by atoms with Crippen LogP contribution >= 0.6 is 0 Å². The maximum absolute atomic E-state index is 13.2. The second-order valence-corrected chi connectivity index (χ2v) is 5.21.